The Morgan fingerprint density at radius 2 is 2.00 bits per heavy atom. The molecule has 2 atom stereocenters. The van der Waals surface area contributed by atoms with Crippen molar-refractivity contribution in [3.8, 4) is 5.75 Å². The molecule has 3 heteroatoms. The van der Waals surface area contributed by atoms with E-state index < -0.39 is 0 Å². The molecule has 0 amide bonds. The molecule has 0 bridgehead atoms. The molecule has 1 aromatic carbocycles. The maximum atomic E-state index is 5.19. The largest absolute Gasteiger partial charge is 0.497 e. The van der Waals surface area contributed by atoms with Crippen molar-refractivity contribution in [2.75, 3.05) is 27.2 Å². The minimum absolute atomic E-state index is 0.739. The summed E-state index contributed by atoms with van der Waals surface area (Å²) in [5.41, 5.74) is 1.34. The van der Waals surface area contributed by atoms with E-state index >= 15 is 0 Å². The Balaban J connectivity index is 1.65. The van der Waals surface area contributed by atoms with E-state index in [0.29, 0.717) is 0 Å². The number of methoxy groups -OCH3 is 1. The summed E-state index contributed by atoms with van der Waals surface area (Å²) in [4.78, 5) is 2.38. The van der Waals surface area contributed by atoms with Crippen LogP contribution in [0.4, 0.5) is 0 Å². The summed E-state index contributed by atoms with van der Waals surface area (Å²) < 4.78 is 5.19. The van der Waals surface area contributed by atoms with Crippen LogP contribution in [0.15, 0.2) is 24.3 Å². The number of rotatable bonds is 7. The van der Waals surface area contributed by atoms with E-state index in [1.165, 1.54) is 31.2 Å². The van der Waals surface area contributed by atoms with E-state index in [0.717, 1.165) is 37.3 Å². The number of hydrogen-bond donors (Lipinski definition) is 1. The number of hydrogen-bond acceptors (Lipinski definition) is 3. The highest BCUT2D eigenvalue weighted by atomic mass is 16.5. The maximum absolute atomic E-state index is 5.19. The van der Waals surface area contributed by atoms with Crippen LogP contribution in [0.3, 0.4) is 0 Å². The van der Waals surface area contributed by atoms with Gasteiger partial charge in [-0.25, -0.2) is 0 Å². The predicted octanol–water partition coefficient (Wildman–Crippen LogP) is 3.30. The van der Waals surface area contributed by atoms with Crippen molar-refractivity contribution in [2.45, 2.75) is 45.2 Å². The molecule has 2 unspecified atom stereocenters. The van der Waals surface area contributed by atoms with Crippen molar-refractivity contribution in [3.05, 3.63) is 29.8 Å². The van der Waals surface area contributed by atoms with Gasteiger partial charge in [-0.1, -0.05) is 31.9 Å². The maximum Gasteiger partial charge on any atom is 0.118 e. The molecule has 0 aromatic heterocycles. The molecule has 0 aliphatic heterocycles. The molecule has 3 nitrogen and oxygen atoms in total. The molecular weight excluding hydrogens is 260 g/mol. The minimum Gasteiger partial charge on any atom is -0.497 e. The normalized spacial score (nSPS) is 22.5. The van der Waals surface area contributed by atoms with Gasteiger partial charge in [0, 0.05) is 25.7 Å². The molecule has 1 fully saturated rings. The van der Waals surface area contributed by atoms with Crippen LogP contribution in [0.2, 0.25) is 0 Å². The Morgan fingerprint density at radius 1 is 1.24 bits per heavy atom. The van der Waals surface area contributed by atoms with Crippen molar-refractivity contribution in [1.82, 2.24) is 10.2 Å². The summed E-state index contributed by atoms with van der Waals surface area (Å²) in [6, 6.07) is 9.09. The van der Waals surface area contributed by atoms with Gasteiger partial charge < -0.3 is 15.0 Å². The summed E-state index contributed by atoms with van der Waals surface area (Å²) >= 11 is 0. The molecule has 1 N–H and O–H groups in total. The minimum atomic E-state index is 0.739. The van der Waals surface area contributed by atoms with Crippen molar-refractivity contribution in [1.29, 1.82) is 0 Å². The second-order valence-electron chi connectivity index (χ2n) is 6.51. The highest BCUT2D eigenvalue weighted by Crippen LogP contribution is 2.23. The van der Waals surface area contributed by atoms with Gasteiger partial charge in [-0.2, -0.15) is 0 Å². The summed E-state index contributed by atoms with van der Waals surface area (Å²) in [5.74, 6) is 1.82. The monoisotopic (exact) mass is 290 g/mol. The van der Waals surface area contributed by atoms with Gasteiger partial charge in [-0.05, 0) is 43.5 Å². The van der Waals surface area contributed by atoms with Crippen molar-refractivity contribution in [3.63, 3.8) is 0 Å². The van der Waals surface area contributed by atoms with Crippen LogP contribution in [0.5, 0.6) is 5.75 Å². The number of ether oxygens (including phenoxy) is 1. The average molecular weight is 290 g/mol. The summed E-state index contributed by atoms with van der Waals surface area (Å²) in [6.07, 6.45) is 5.50. The third-order valence-corrected chi connectivity index (χ3v) is 4.47. The molecule has 0 heterocycles. The van der Waals surface area contributed by atoms with Gasteiger partial charge >= 0.3 is 0 Å². The third-order valence-electron chi connectivity index (χ3n) is 4.47. The lowest BCUT2D eigenvalue weighted by atomic mass is 9.87. The van der Waals surface area contributed by atoms with E-state index in [4.69, 9.17) is 4.74 Å². The average Bonchev–Trinajstić information content (AvgIpc) is 2.48. The molecule has 2 rings (SSSR count). The van der Waals surface area contributed by atoms with Crippen LogP contribution in [-0.2, 0) is 6.54 Å². The lowest BCUT2D eigenvalue weighted by Crippen LogP contribution is -2.38. The smallest absolute Gasteiger partial charge is 0.118 e. The molecule has 1 aliphatic rings. The van der Waals surface area contributed by atoms with Gasteiger partial charge in [0.15, 0.2) is 0 Å². The second-order valence-corrected chi connectivity index (χ2v) is 6.51. The van der Waals surface area contributed by atoms with Crippen LogP contribution in [0, 0.1) is 5.92 Å². The topological polar surface area (TPSA) is 24.5 Å². The van der Waals surface area contributed by atoms with Crippen LogP contribution in [-0.4, -0.2) is 38.2 Å². The van der Waals surface area contributed by atoms with E-state index in [2.05, 4.69) is 36.3 Å². The third kappa shape index (κ3) is 5.68. The highest BCUT2D eigenvalue weighted by molar-refractivity contribution is 5.27. The van der Waals surface area contributed by atoms with Crippen LogP contribution in [0.1, 0.15) is 38.2 Å². The molecule has 1 aromatic rings. The number of benzene rings is 1. The van der Waals surface area contributed by atoms with Gasteiger partial charge in [0.1, 0.15) is 5.75 Å². The molecule has 21 heavy (non-hydrogen) atoms. The summed E-state index contributed by atoms with van der Waals surface area (Å²) in [5, 5.41) is 3.73. The molecule has 0 saturated heterocycles. The van der Waals surface area contributed by atoms with Crippen LogP contribution < -0.4 is 10.1 Å². The standard InChI is InChI=1S/C18H30N2O/c1-15-5-4-6-17(13-15)19-11-12-20(2)14-16-7-9-18(21-3)10-8-16/h7-10,15,17,19H,4-6,11-14H2,1-3H3. The molecular formula is C18H30N2O. The fourth-order valence-electron chi connectivity index (χ4n) is 3.20. The first-order valence-corrected chi connectivity index (χ1v) is 8.22. The molecule has 1 saturated carbocycles. The lowest BCUT2D eigenvalue weighted by molar-refractivity contribution is 0.274. The molecule has 0 spiro atoms. The van der Waals surface area contributed by atoms with Gasteiger partial charge in [-0.15, -0.1) is 0 Å². The van der Waals surface area contributed by atoms with Gasteiger partial charge in [0.05, 0.1) is 7.11 Å². The number of nitrogens with one attached hydrogen (secondary N) is 1. The lowest BCUT2D eigenvalue weighted by Gasteiger charge is -2.28. The zero-order valence-corrected chi connectivity index (χ0v) is 13.8. The van der Waals surface area contributed by atoms with Gasteiger partial charge in [0.2, 0.25) is 0 Å². The van der Waals surface area contributed by atoms with E-state index in [1.807, 2.05) is 12.1 Å². The Hall–Kier alpha value is -1.06. The fraction of sp³-hybridized carbons (Fsp3) is 0.667. The molecule has 0 radical (unpaired) electrons. The Bertz CT molecular complexity index is 404. The second kappa shape index (κ2) is 8.40. The predicted molar refractivity (Wildman–Crippen MR) is 88.8 cm³/mol. The molecule has 118 valence electrons. The summed E-state index contributed by atoms with van der Waals surface area (Å²) in [7, 11) is 3.90. The van der Waals surface area contributed by atoms with E-state index in [9.17, 15) is 0 Å². The number of nitrogens with zero attached hydrogens (tertiary/aromatic N) is 1. The fourth-order valence-corrected chi connectivity index (χ4v) is 3.20. The van der Waals surface area contributed by atoms with E-state index in [-0.39, 0.29) is 0 Å². The molecule has 1 aliphatic carbocycles. The van der Waals surface area contributed by atoms with Crippen molar-refractivity contribution < 1.29 is 4.74 Å². The van der Waals surface area contributed by atoms with Gasteiger partial charge in [-0.3, -0.25) is 0 Å². The van der Waals surface area contributed by atoms with E-state index in [1.54, 1.807) is 7.11 Å². The van der Waals surface area contributed by atoms with Crippen LogP contribution in [0.25, 0.3) is 0 Å². The first-order valence-electron chi connectivity index (χ1n) is 8.22. The zero-order valence-electron chi connectivity index (χ0n) is 13.8. The van der Waals surface area contributed by atoms with Crippen LogP contribution >= 0.6 is 0 Å². The first kappa shape index (κ1) is 16.3. The quantitative estimate of drug-likeness (QED) is 0.834. The zero-order chi connectivity index (χ0) is 15.1. The van der Waals surface area contributed by atoms with Crippen molar-refractivity contribution in [2.24, 2.45) is 5.92 Å². The Morgan fingerprint density at radius 3 is 2.67 bits per heavy atom. The summed E-state index contributed by atoms with van der Waals surface area (Å²) in [6.45, 7) is 5.55. The highest BCUT2D eigenvalue weighted by Gasteiger charge is 2.17. The Labute approximate surface area is 129 Å². The SMILES string of the molecule is COc1ccc(CN(C)CCNC2CCCC(C)C2)cc1. The Kier molecular flexibility index (Phi) is 6.52. The number of likely N-dealkylation sites (N-methyl/N-ethyl adjacent to an activating group) is 1. The van der Waals surface area contributed by atoms with Crippen molar-refractivity contribution >= 4 is 0 Å². The van der Waals surface area contributed by atoms with Gasteiger partial charge in [0.25, 0.3) is 0 Å². The first-order chi connectivity index (χ1) is 10.2.